The molecule has 5 nitrogen and oxygen atoms in total. The molecule has 0 aromatic carbocycles. The number of halogens is 2. The van der Waals surface area contributed by atoms with E-state index in [9.17, 15) is 0 Å². The van der Waals surface area contributed by atoms with E-state index in [0.717, 1.165) is 14.6 Å². The maximum atomic E-state index is 5.45. The van der Waals surface area contributed by atoms with Crippen molar-refractivity contribution in [2.75, 3.05) is 5.43 Å². The zero-order valence-corrected chi connectivity index (χ0v) is 13.7. The highest BCUT2D eigenvalue weighted by molar-refractivity contribution is 9.11. The number of pyridine rings is 1. The normalized spacial score (nSPS) is 10.8. The van der Waals surface area contributed by atoms with E-state index in [1.54, 1.807) is 6.20 Å². The van der Waals surface area contributed by atoms with Crippen LogP contribution in [0.1, 0.15) is 25.5 Å². The Labute approximate surface area is 128 Å². The van der Waals surface area contributed by atoms with Crippen molar-refractivity contribution in [1.29, 1.82) is 0 Å². The van der Waals surface area contributed by atoms with Crippen molar-refractivity contribution in [1.82, 2.24) is 15.0 Å². The number of nitrogen functional groups attached to an aromatic ring is 1. The minimum Gasteiger partial charge on any atom is -0.308 e. The lowest BCUT2D eigenvalue weighted by molar-refractivity contribution is 0.816. The molecule has 0 saturated heterocycles. The summed E-state index contributed by atoms with van der Waals surface area (Å²) in [5, 5.41) is 0. The third-order valence-electron chi connectivity index (χ3n) is 2.50. The van der Waals surface area contributed by atoms with Crippen molar-refractivity contribution in [3.8, 4) is 11.5 Å². The van der Waals surface area contributed by atoms with E-state index in [2.05, 4.69) is 66.1 Å². The fraction of sp³-hybridized carbons (Fsp3) is 0.250. The summed E-state index contributed by atoms with van der Waals surface area (Å²) in [7, 11) is 0. The van der Waals surface area contributed by atoms with Gasteiger partial charge in [-0.2, -0.15) is 0 Å². The van der Waals surface area contributed by atoms with Crippen molar-refractivity contribution in [2.24, 2.45) is 5.84 Å². The Morgan fingerprint density at radius 2 is 1.95 bits per heavy atom. The molecule has 0 amide bonds. The van der Waals surface area contributed by atoms with E-state index in [1.807, 2.05) is 12.1 Å². The van der Waals surface area contributed by atoms with Crippen LogP contribution in [0.25, 0.3) is 11.5 Å². The van der Waals surface area contributed by atoms with Crippen LogP contribution in [-0.4, -0.2) is 15.0 Å². The SMILES string of the molecule is CC(C)c1cc(NN)nc(-c2ncc(Br)cc2Br)n1. The first-order valence-corrected chi connectivity index (χ1v) is 7.27. The number of nitrogens with zero attached hydrogens (tertiary/aromatic N) is 3. The maximum absolute atomic E-state index is 5.45. The highest BCUT2D eigenvalue weighted by atomic mass is 79.9. The Hall–Kier alpha value is -1.05. The van der Waals surface area contributed by atoms with Crippen LogP contribution >= 0.6 is 31.9 Å². The summed E-state index contributed by atoms with van der Waals surface area (Å²) in [6.07, 6.45) is 1.71. The van der Waals surface area contributed by atoms with Crippen LogP contribution in [0.2, 0.25) is 0 Å². The first kappa shape index (κ1) is 14.4. The van der Waals surface area contributed by atoms with Crippen LogP contribution in [0.3, 0.4) is 0 Å². The number of hydrazine groups is 1. The second-order valence-electron chi connectivity index (χ2n) is 4.28. The van der Waals surface area contributed by atoms with E-state index in [0.29, 0.717) is 17.3 Å². The van der Waals surface area contributed by atoms with E-state index in [1.165, 1.54) is 0 Å². The van der Waals surface area contributed by atoms with Gasteiger partial charge >= 0.3 is 0 Å². The predicted molar refractivity (Wildman–Crippen MR) is 82.6 cm³/mol. The summed E-state index contributed by atoms with van der Waals surface area (Å²) in [5.74, 6) is 6.84. The van der Waals surface area contributed by atoms with Crippen LogP contribution in [0, 0.1) is 0 Å². The van der Waals surface area contributed by atoms with Gasteiger partial charge in [-0.25, -0.2) is 15.8 Å². The maximum Gasteiger partial charge on any atom is 0.181 e. The highest BCUT2D eigenvalue weighted by Crippen LogP contribution is 2.28. The van der Waals surface area contributed by atoms with Gasteiger partial charge in [-0.05, 0) is 43.8 Å². The van der Waals surface area contributed by atoms with Gasteiger partial charge in [0.25, 0.3) is 0 Å². The molecule has 2 rings (SSSR count). The van der Waals surface area contributed by atoms with Crippen LogP contribution in [0.5, 0.6) is 0 Å². The molecule has 0 spiro atoms. The average Bonchev–Trinajstić information content (AvgIpc) is 2.38. The van der Waals surface area contributed by atoms with Gasteiger partial charge in [0.15, 0.2) is 5.82 Å². The smallest absolute Gasteiger partial charge is 0.181 e. The van der Waals surface area contributed by atoms with Crippen LogP contribution in [0.4, 0.5) is 5.82 Å². The number of anilines is 1. The number of hydrogen-bond donors (Lipinski definition) is 2. The Morgan fingerprint density at radius 3 is 2.53 bits per heavy atom. The van der Waals surface area contributed by atoms with E-state index >= 15 is 0 Å². The topological polar surface area (TPSA) is 76.7 Å². The Bertz CT molecular complexity index is 601. The molecule has 0 fully saturated rings. The van der Waals surface area contributed by atoms with E-state index < -0.39 is 0 Å². The molecule has 19 heavy (non-hydrogen) atoms. The lowest BCUT2D eigenvalue weighted by atomic mass is 10.1. The summed E-state index contributed by atoms with van der Waals surface area (Å²) < 4.78 is 1.71. The minimum atomic E-state index is 0.281. The molecule has 0 atom stereocenters. The average molecular weight is 387 g/mol. The number of rotatable bonds is 3. The van der Waals surface area contributed by atoms with Crippen molar-refractivity contribution in [2.45, 2.75) is 19.8 Å². The Balaban J connectivity index is 2.57. The third-order valence-corrected chi connectivity index (χ3v) is 3.54. The van der Waals surface area contributed by atoms with Crippen LogP contribution in [-0.2, 0) is 0 Å². The number of nitrogens with one attached hydrogen (secondary N) is 1. The molecule has 0 aliphatic rings. The molecular weight excluding hydrogens is 374 g/mol. The molecule has 0 saturated carbocycles. The van der Waals surface area contributed by atoms with Gasteiger partial charge in [0.05, 0.1) is 0 Å². The molecule has 2 aromatic heterocycles. The zero-order chi connectivity index (χ0) is 14.0. The van der Waals surface area contributed by atoms with E-state index in [4.69, 9.17) is 5.84 Å². The van der Waals surface area contributed by atoms with Crippen molar-refractivity contribution >= 4 is 37.7 Å². The molecule has 0 bridgehead atoms. The lowest BCUT2D eigenvalue weighted by Crippen LogP contribution is -2.11. The molecule has 0 radical (unpaired) electrons. The van der Waals surface area contributed by atoms with Gasteiger partial charge in [-0.15, -0.1) is 0 Å². The van der Waals surface area contributed by atoms with Gasteiger partial charge in [-0.3, -0.25) is 4.98 Å². The van der Waals surface area contributed by atoms with Crippen molar-refractivity contribution < 1.29 is 0 Å². The molecule has 0 aliphatic carbocycles. The molecule has 7 heteroatoms. The second kappa shape index (κ2) is 5.94. The Morgan fingerprint density at radius 1 is 1.21 bits per heavy atom. The summed E-state index contributed by atoms with van der Waals surface area (Å²) >= 11 is 6.84. The Kier molecular flexibility index (Phi) is 4.49. The third kappa shape index (κ3) is 3.29. The number of hydrogen-bond acceptors (Lipinski definition) is 5. The van der Waals surface area contributed by atoms with Gasteiger partial charge in [0.2, 0.25) is 0 Å². The van der Waals surface area contributed by atoms with Gasteiger partial charge in [0.1, 0.15) is 11.5 Å². The minimum absolute atomic E-state index is 0.281. The fourth-order valence-electron chi connectivity index (χ4n) is 1.52. The summed E-state index contributed by atoms with van der Waals surface area (Å²) in [6, 6.07) is 3.74. The standard InChI is InChI=1S/C12H13Br2N5/c1-6(2)9-4-10(19-15)18-12(17-9)11-8(14)3-7(13)5-16-11/h3-6H,15H2,1-2H3,(H,17,18,19). The second-order valence-corrected chi connectivity index (χ2v) is 6.05. The zero-order valence-electron chi connectivity index (χ0n) is 10.5. The van der Waals surface area contributed by atoms with Crippen LogP contribution < -0.4 is 11.3 Å². The monoisotopic (exact) mass is 385 g/mol. The molecule has 100 valence electrons. The number of aromatic nitrogens is 3. The van der Waals surface area contributed by atoms with Crippen molar-refractivity contribution in [3.63, 3.8) is 0 Å². The van der Waals surface area contributed by atoms with Gasteiger partial charge in [-0.1, -0.05) is 13.8 Å². The van der Waals surface area contributed by atoms with Crippen molar-refractivity contribution in [3.05, 3.63) is 33.0 Å². The summed E-state index contributed by atoms with van der Waals surface area (Å²) in [4.78, 5) is 13.2. The highest BCUT2D eigenvalue weighted by Gasteiger charge is 2.13. The van der Waals surface area contributed by atoms with E-state index in [-0.39, 0.29) is 5.92 Å². The van der Waals surface area contributed by atoms with Crippen LogP contribution in [0.15, 0.2) is 27.3 Å². The molecule has 0 aliphatic heterocycles. The fourth-order valence-corrected chi connectivity index (χ4v) is 2.69. The quantitative estimate of drug-likeness (QED) is 0.623. The largest absolute Gasteiger partial charge is 0.308 e. The summed E-state index contributed by atoms with van der Waals surface area (Å²) in [5.41, 5.74) is 4.15. The van der Waals surface area contributed by atoms with Gasteiger partial charge in [0, 0.05) is 26.9 Å². The molecule has 2 heterocycles. The molecule has 3 N–H and O–H groups in total. The molecule has 2 aromatic rings. The lowest BCUT2D eigenvalue weighted by Gasteiger charge is -2.10. The molecular formula is C12H13Br2N5. The first-order chi connectivity index (χ1) is 9.01. The summed E-state index contributed by atoms with van der Waals surface area (Å²) in [6.45, 7) is 4.13. The molecule has 0 unspecified atom stereocenters. The van der Waals surface area contributed by atoms with Gasteiger partial charge < -0.3 is 5.43 Å². The first-order valence-electron chi connectivity index (χ1n) is 5.68. The predicted octanol–water partition coefficient (Wildman–Crippen LogP) is 3.47. The number of nitrogens with two attached hydrogens (primary N) is 1.